The van der Waals surface area contributed by atoms with Crippen LogP contribution in [0.3, 0.4) is 0 Å². The number of hydrogen-bond acceptors (Lipinski definition) is 2. The van der Waals surface area contributed by atoms with Gasteiger partial charge in [-0.1, -0.05) is 25.1 Å². The lowest BCUT2D eigenvalue weighted by atomic mass is 9.81. The molecule has 3 rings (SSSR count). The molecule has 0 spiro atoms. The minimum Gasteiger partial charge on any atom is -0.384 e. The van der Waals surface area contributed by atoms with Crippen LogP contribution in [0.15, 0.2) is 24.3 Å². The zero-order valence-corrected chi connectivity index (χ0v) is 10.1. The van der Waals surface area contributed by atoms with Crippen molar-refractivity contribution in [3.8, 4) is 0 Å². The van der Waals surface area contributed by atoms with E-state index in [9.17, 15) is 4.79 Å². The van der Waals surface area contributed by atoms with Crippen molar-refractivity contribution in [3.05, 3.63) is 29.8 Å². The summed E-state index contributed by atoms with van der Waals surface area (Å²) in [5.41, 5.74) is 2.24. The second-order valence-electron chi connectivity index (χ2n) is 5.30. The zero-order chi connectivity index (χ0) is 11.8. The molecule has 1 aromatic carbocycles. The Balaban J connectivity index is 1.67. The maximum atomic E-state index is 12.2. The van der Waals surface area contributed by atoms with Gasteiger partial charge in [0.15, 0.2) is 0 Å². The highest BCUT2D eigenvalue weighted by Gasteiger charge is 2.32. The number of nitrogens with one attached hydrogen (secondary N) is 2. The minimum absolute atomic E-state index is 0.0119. The van der Waals surface area contributed by atoms with Crippen LogP contribution in [0.2, 0.25) is 0 Å². The van der Waals surface area contributed by atoms with E-state index in [-0.39, 0.29) is 11.8 Å². The Labute approximate surface area is 102 Å². The van der Waals surface area contributed by atoms with Gasteiger partial charge in [0.25, 0.3) is 0 Å². The van der Waals surface area contributed by atoms with Gasteiger partial charge in [-0.25, -0.2) is 0 Å². The van der Waals surface area contributed by atoms with E-state index in [0.717, 1.165) is 36.6 Å². The van der Waals surface area contributed by atoms with Gasteiger partial charge in [-0.15, -0.1) is 0 Å². The summed E-state index contributed by atoms with van der Waals surface area (Å²) in [4.78, 5) is 12.2. The van der Waals surface area contributed by atoms with E-state index in [1.54, 1.807) is 0 Å². The largest absolute Gasteiger partial charge is 0.384 e. The van der Waals surface area contributed by atoms with Crippen molar-refractivity contribution in [1.82, 2.24) is 5.32 Å². The molecule has 1 fully saturated rings. The molecule has 1 saturated carbocycles. The lowest BCUT2D eigenvalue weighted by Gasteiger charge is -2.34. The van der Waals surface area contributed by atoms with Crippen molar-refractivity contribution in [1.29, 1.82) is 0 Å². The molecule has 3 nitrogen and oxygen atoms in total. The summed E-state index contributed by atoms with van der Waals surface area (Å²) >= 11 is 0. The van der Waals surface area contributed by atoms with Gasteiger partial charge in [0.1, 0.15) is 0 Å². The third-order valence-electron chi connectivity index (χ3n) is 3.87. The molecule has 1 amide bonds. The molecule has 1 unspecified atom stereocenters. The first kappa shape index (κ1) is 10.6. The minimum atomic E-state index is -0.0119. The quantitative estimate of drug-likeness (QED) is 0.817. The molecular formula is C14H18N2O. The Hall–Kier alpha value is -1.51. The van der Waals surface area contributed by atoms with Crippen LogP contribution in [0, 0.1) is 5.92 Å². The first-order chi connectivity index (χ1) is 8.24. The average molecular weight is 230 g/mol. The van der Waals surface area contributed by atoms with Crippen molar-refractivity contribution in [2.75, 3.05) is 11.9 Å². The molecule has 0 saturated heterocycles. The Morgan fingerprint density at radius 3 is 2.88 bits per heavy atom. The fourth-order valence-corrected chi connectivity index (χ4v) is 2.84. The molecule has 90 valence electrons. The number of fused-ring (bicyclic) bond motifs is 1. The van der Waals surface area contributed by atoms with Gasteiger partial charge in [-0.05, 0) is 30.4 Å². The van der Waals surface area contributed by atoms with Crippen LogP contribution in [-0.4, -0.2) is 18.5 Å². The van der Waals surface area contributed by atoms with Crippen LogP contribution in [-0.2, 0) is 4.79 Å². The first-order valence-electron chi connectivity index (χ1n) is 6.37. The van der Waals surface area contributed by atoms with Crippen molar-refractivity contribution in [3.63, 3.8) is 0 Å². The van der Waals surface area contributed by atoms with Crippen LogP contribution in [0.25, 0.3) is 0 Å². The summed E-state index contributed by atoms with van der Waals surface area (Å²) in [6.45, 7) is 2.96. The van der Waals surface area contributed by atoms with Crippen molar-refractivity contribution in [2.45, 2.75) is 31.7 Å². The maximum absolute atomic E-state index is 12.2. The van der Waals surface area contributed by atoms with Crippen molar-refractivity contribution >= 4 is 11.6 Å². The number of carbonyl (C=O) groups excluding carboxylic acids is 1. The van der Waals surface area contributed by atoms with Gasteiger partial charge in [0, 0.05) is 18.3 Å². The molecule has 0 bridgehead atoms. The lowest BCUT2D eigenvalue weighted by molar-refractivity contribution is -0.123. The summed E-state index contributed by atoms with van der Waals surface area (Å²) < 4.78 is 0. The number of carbonyl (C=O) groups is 1. The summed E-state index contributed by atoms with van der Waals surface area (Å²) in [6, 6.07) is 8.49. The highest BCUT2D eigenvalue weighted by Crippen LogP contribution is 2.32. The summed E-state index contributed by atoms with van der Waals surface area (Å²) in [7, 11) is 0. The number of anilines is 1. The van der Waals surface area contributed by atoms with Gasteiger partial charge >= 0.3 is 0 Å². The van der Waals surface area contributed by atoms with Crippen molar-refractivity contribution < 1.29 is 4.79 Å². The van der Waals surface area contributed by atoms with Gasteiger partial charge in [-0.3, -0.25) is 4.79 Å². The smallest absolute Gasteiger partial charge is 0.229 e. The third-order valence-corrected chi connectivity index (χ3v) is 3.87. The summed E-state index contributed by atoms with van der Waals surface area (Å²) in [5, 5.41) is 6.44. The fraction of sp³-hybridized carbons (Fsp3) is 0.500. The van der Waals surface area contributed by atoms with Gasteiger partial charge in [-0.2, -0.15) is 0 Å². The second kappa shape index (κ2) is 4.06. The number of amides is 1. The molecule has 1 aromatic rings. The number of para-hydroxylation sites is 1. The van der Waals surface area contributed by atoms with Gasteiger partial charge in [0.2, 0.25) is 5.91 Å². The Bertz CT molecular complexity index is 438. The zero-order valence-electron chi connectivity index (χ0n) is 10.1. The summed E-state index contributed by atoms with van der Waals surface area (Å²) in [5.74, 6) is 0.941. The van der Waals surface area contributed by atoms with Crippen LogP contribution < -0.4 is 10.6 Å². The lowest BCUT2D eigenvalue weighted by Crippen LogP contribution is -2.45. The topological polar surface area (TPSA) is 41.1 Å². The van der Waals surface area contributed by atoms with E-state index in [4.69, 9.17) is 0 Å². The van der Waals surface area contributed by atoms with Crippen molar-refractivity contribution in [2.24, 2.45) is 5.92 Å². The molecule has 3 heteroatoms. The van der Waals surface area contributed by atoms with E-state index >= 15 is 0 Å². The highest BCUT2D eigenvalue weighted by atomic mass is 16.2. The molecule has 2 N–H and O–H groups in total. The number of rotatable bonds is 2. The molecule has 2 aliphatic rings. The molecule has 0 aromatic heterocycles. The summed E-state index contributed by atoms with van der Waals surface area (Å²) in [6.07, 6.45) is 2.26. The molecule has 1 atom stereocenters. The van der Waals surface area contributed by atoms with E-state index in [1.165, 1.54) is 0 Å². The second-order valence-corrected chi connectivity index (χ2v) is 5.30. The predicted molar refractivity (Wildman–Crippen MR) is 68.0 cm³/mol. The van der Waals surface area contributed by atoms with Gasteiger partial charge in [0.05, 0.1) is 5.92 Å². The van der Waals surface area contributed by atoms with E-state index in [0.29, 0.717) is 6.04 Å². The van der Waals surface area contributed by atoms with E-state index in [2.05, 4.69) is 17.6 Å². The Kier molecular flexibility index (Phi) is 2.54. The molecule has 1 aliphatic heterocycles. The number of hydrogen-bond donors (Lipinski definition) is 2. The molecular weight excluding hydrogens is 212 g/mol. The molecule has 17 heavy (non-hydrogen) atoms. The third kappa shape index (κ3) is 1.90. The molecule has 0 radical (unpaired) electrons. The monoisotopic (exact) mass is 230 g/mol. The SMILES string of the molecule is CC1CC(NC(=O)C2CNc3ccccc32)C1. The van der Waals surface area contributed by atoms with Crippen LogP contribution in [0.5, 0.6) is 0 Å². The average Bonchev–Trinajstić information content (AvgIpc) is 2.70. The molecule has 1 heterocycles. The van der Waals surface area contributed by atoms with Crippen LogP contribution in [0.1, 0.15) is 31.2 Å². The number of benzene rings is 1. The maximum Gasteiger partial charge on any atom is 0.229 e. The van der Waals surface area contributed by atoms with Crippen LogP contribution in [0.4, 0.5) is 5.69 Å². The Morgan fingerprint density at radius 1 is 1.35 bits per heavy atom. The van der Waals surface area contributed by atoms with Gasteiger partial charge < -0.3 is 10.6 Å². The predicted octanol–water partition coefficient (Wildman–Crippen LogP) is 2.11. The standard InChI is InChI=1S/C14H18N2O/c1-9-6-10(7-9)16-14(17)12-8-15-13-5-3-2-4-11(12)13/h2-5,9-10,12,15H,6-8H2,1H3,(H,16,17). The first-order valence-corrected chi connectivity index (χ1v) is 6.37. The van der Waals surface area contributed by atoms with E-state index < -0.39 is 0 Å². The highest BCUT2D eigenvalue weighted by molar-refractivity contribution is 5.88. The van der Waals surface area contributed by atoms with Crippen LogP contribution >= 0.6 is 0 Å². The van der Waals surface area contributed by atoms with E-state index in [1.807, 2.05) is 24.3 Å². The fourth-order valence-electron chi connectivity index (χ4n) is 2.84. The Morgan fingerprint density at radius 2 is 2.12 bits per heavy atom. The molecule has 1 aliphatic carbocycles. The normalized spacial score (nSPS) is 30.1.